The van der Waals surface area contributed by atoms with Gasteiger partial charge in [-0.3, -0.25) is 0 Å². The van der Waals surface area contributed by atoms with E-state index in [0.717, 1.165) is 43.0 Å². The molecule has 0 saturated carbocycles. The minimum Gasteiger partial charge on any atom is -0.245 e. The van der Waals surface area contributed by atoms with Gasteiger partial charge in [-0.05, 0) is 40.7 Å². The van der Waals surface area contributed by atoms with Crippen molar-refractivity contribution in [1.29, 1.82) is 0 Å². The van der Waals surface area contributed by atoms with E-state index in [2.05, 4.69) is 90.3 Å². The number of nitrogens with zero attached hydrogens (tertiary/aromatic N) is 6. The quantitative estimate of drug-likeness (QED) is 0.415. The Morgan fingerprint density at radius 3 is 2.36 bits per heavy atom. The predicted octanol–water partition coefficient (Wildman–Crippen LogP) is 4.98. The van der Waals surface area contributed by atoms with Gasteiger partial charge >= 0.3 is 0 Å². The lowest BCUT2D eigenvalue weighted by molar-refractivity contribution is 0.490. The predicted molar refractivity (Wildman–Crippen MR) is 130 cm³/mol. The number of nitrogens with one attached hydrogen (secondary N) is 1. The number of rotatable bonds is 8. The van der Waals surface area contributed by atoms with Crippen LogP contribution in [0.25, 0.3) is 11.4 Å². The summed E-state index contributed by atoms with van der Waals surface area (Å²) in [4.78, 5) is 4.89. The van der Waals surface area contributed by atoms with Crippen molar-refractivity contribution < 1.29 is 0 Å². The summed E-state index contributed by atoms with van der Waals surface area (Å²) in [5, 5.41) is 19.4. The summed E-state index contributed by atoms with van der Waals surface area (Å²) in [7, 11) is 0. The van der Waals surface area contributed by atoms with Crippen molar-refractivity contribution in [2.75, 3.05) is 0 Å². The van der Waals surface area contributed by atoms with E-state index in [4.69, 9.17) is 10.1 Å². The Kier molecular flexibility index (Phi) is 6.67. The average Bonchev–Trinajstić information content (AvgIpc) is 3.44. The largest absolute Gasteiger partial charge is 0.245 e. The van der Waals surface area contributed by atoms with Crippen molar-refractivity contribution in [3.8, 4) is 11.4 Å². The third-order valence-electron chi connectivity index (χ3n) is 5.69. The molecule has 0 radical (unpaired) electrons. The number of hydrogen-bond donors (Lipinski definition) is 1. The molecule has 0 aliphatic carbocycles. The molecule has 0 spiro atoms. The first-order chi connectivity index (χ1) is 15.8. The van der Waals surface area contributed by atoms with Gasteiger partial charge < -0.3 is 0 Å². The standard InChI is InChI=1S/C26H33N7/c1-18(2)10-15-23-27-25(26(3,4)5)33(30-23)17-20-13-11-19(12-14-20)16-21-8-6-7-9-22(21)24-28-31-32-29-24/h6-9,11-14,18H,10,15-17H2,1-5H3,(H,28,29,31,32). The Bertz CT molecular complexity index is 1170. The van der Waals surface area contributed by atoms with E-state index in [0.29, 0.717) is 11.7 Å². The fraction of sp³-hybridized carbons (Fsp3) is 0.423. The number of hydrogen-bond acceptors (Lipinski definition) is 5. The van der Waals surface area contributed by atoms with Crippen LogP contribution >= 0.6 is 0 Å². The highest BCUT2D eigenvalue weighted by Gasteiger charge is 2.23. The van der Waals surface area contributed by atoms with Crippen LogP contribution < -0.4 is 0 Å². The second-order valence-corrected chi connectivity index (χ2v) is 10.1. The number of aromatic amines is 1. The molecule has 0 bridgehead atoms. The Hall–Kier alpha value is -3.35. The first kappa shape index (κ1) is 22.8. The molecule has 172 valence electrons. The summed E-state index contributed by atoms with van der Waals surface area (Å²) in [6, 6.07) is 16.9. The van der Waals surface area contributed by atoms with Gasteiger partial charge in [0.25, 0.3) is 0 Å². The maximum Gasteiger partial charge on any atom is 0.204 e. The van der Waals surface area contributed by atoms with Gasteiger partial charge in [0.2, 0.25) is 5.82 Å². The summed E-state index contributed by atoms with van der Waals surface area (Å²) in [5.74, 6) is 3.26. The van der Waals surface area contributed by atoms with Gasteiger partial charge in [-0.15, -0.1) is 10.2 Å². The third kappa shape index (κ3) is 5.72. The van der Waals surface area contributed by atoms with E-state index in [1.165, 1.54) is 16.7 Å². The van der Waals surface area contributed by atoms with Gasteiger partial charge in [-0.25, -0.2) is 9.67 Å². The normalized spacial score (nSPS) is 11.9. The Morgan fingerprint density at radius 2 is 1.70 bits per heavy atom. The number of aryl methyl sites for hydroxylation is 1. The zero-order valence-electron chi connectivity index (χ0n) is 20.2. The fourth-order valence-corrected chi connectivity index (χ4v) is 3.90. The first-order valence-corrected chi connectivity index (χ1v) is 11.6. The Morgan fingerprint density at radius 1 is 0.970 bits per heavy atom. The molecule has 0 aliphatic heterocycles. The lowest BCUT2D eigenvalue weighted by Gasteiger charge is -2.18. The maximum atomic E-state index is 4.89. The minimum absolute atomic E-state index is 0.0537. The summed E-state index contributed by atoms with van der Waals surface area (Å²) in [5.41, 5.74) is 4.58. The molecular formula is C26H33N7. The highest BCUT2D eigenvalue weighted by Crippen LogP contribution is 2.24. The smallest absolute Gasteiger partial charge is 0.204 e. The zero-order chi connectivity index (χ0) is 23.4. The summed E-state index contributed by atoms with van der Waals surface area (Å²) >= 11 is 0. The van der Waals surface area contributed by atoms with Gasteiger partial charge in [0.15, 0.2) is 5.82 Å². The summed E-state index contributed by atoms with van der Waals surface area (Å²) in [6.07, 6.45) is 2.83. The molecule has 2 heterocycles. The summed E-state index contributed by atoms with van der Waals surface area (Å²) in [6.45, 7) is 11.8. The van der Waals surface area contributed by atoms with Gasteiger partial charge in [0, 0.05) is 17.4 Å². The van der Waals surface area contributed by atoms with Crippen LogP contribution in [0.4, 0.5) is 0 Å². The van der Waals surface area contributed by atoms with Crippen LogP contribution in [-0.4, -0.2) is 35.4 Å². The highest BCUT2D eigenvalue weighted by molar-refractivity contribution is 5.60. The van der Waals surface area contributed by atoms with Crippen molar-refractivity contribution in [3.05, 3.63) is 76.9 Å². The lowest BCUT2D eigenvalue weighted by Crippen LogP contribution is -2.20. The Balaban J connectivity index is 1.51. The van der Waals surface area contributed by atoms with E-state index >= 15 is 0 Å². The van der Waals surface area contributed by atoms with Crippen molar-refractivity contribution in [2.45, 2.75) is 65.8 Å². The molecule has 4 rings (SSSR count). The van der Waals surface area contributed by atoms with Crippen LogP contribution in [0.5, 0.6) is 0 Å². The second-order valence-electron chi connectivity index (χ2n) is 10.1. The molecule has 4 aromatic rings. The monoisotopic (exact) mass is 443 g/mol. The van der Waals surface area contributed by atoms with Gasteiger partial charge in [-0.2, -0.15) is 10.3 Å². The highest BCUT2D eigenvalue weighted by atomic mass is 15.5. The maximum absolute atomic E-state index is 4.89. The number of benzene rings is 2. The first-order valence-electron chi connectivity index (χ1n) is 11.6. The third-order valence-corrected chi connectivity index (χ3v) is 5.69. The van der Waals surface area contributed by atoms with Gasteiger partial charge in [-0.1, -0.05) is 83.1 Å². The number of aromatic nitrogens is 7. The summed E-state index contributed by atoms with van der Waals surface area (Å²) < 4.78 is 2.08. The van der Waals surface area contributed by atoms with Crippen LogP contribution in [0.15, 0.2) is 48.5 Å². The SMILES string of the molecule is CC(C)CCc1nc(C(C)(C)C)n(Cc2ccc(Cc3ccccc3-c3nn[nH]n3)cc2)n1. The van der Waals surface area contributed by atoms with Crippen LogP contribution in [0.3, 0.4) is 0 Å². The molecule has 0 fully saturated rings. The van der Waals surface area contributed by atoms with E-state index in [1.54, 1.807) is 0 Å². The topological polar surface area (TPSA) is 85.2 Å². The molecule has 0 aliphatic rings. The van der Waals surface area contributed by atoms with Gasteiger partial charge in [0.1, 0.15) is 5.82 Å². The molecule has 0 amide bonds. The second kappa shape index (κ2) is 9.65. The Labute approximate surface area is 195 Å². The molecule has 33 heavy (non-hydrogen) atoms. The van der Waals surface area contributed by atoms with Crippen molar-refractivity contribution >= 4 is 0 Å². The molecule has 7 heteroatoms. The van der Waals surface area contributed by atoms with E-state index in [-0.39, 0.29) is 5.41 Å². The van der Waals surface area contributed by atoms with Crippen molar-refractivity contribution in [2.24, 2.45) is 5.92 Å². The average molecular weight is 444 g/mol. The number of tetrazole rings is 1. The minimum atomic E-state index is -0.0537. The van der Waals surface area contributed by atoms with E-state index < -0.39 is 0 Å². The molecule has 7 nitrogen and oxygen atoms in total. The molecule has 2 aromatic carbocycles. The van der Waals surface area contributed by atoms with Crippen molar-refractivity contribution in [1.82, 2.24) is 35.4 Å². The molecule has 0 atom stereocenters. The van der Waals surface area contributed by atoms with Crippen LogP contribution in [0.2, 0.25) is 0 Å². The van der Waals surface area contributed by atoms with Crippen LogP contribution in [0.1, 0.15) is 69.4 Å². The van der Waals surface area contributed by atoms with E-state index in [9.17, 15) is 0 Å². The fourth-order valence-electron chi connectivity index (χ4n) is 3.90. The molecule has 1 N–H and O–H groups in total. The molecule has 2 aromatic heterocycles. The zero-order valence-corrected chi connectivity index (χ0v) is 20.2. The van der Waals surface area contributed by atoms with Crippen LogP contribution in [-0.2, 0) is 24.8 Å². The molecule has 0 saturated heterocycles. The van der Waals surface area contributed by atoms with Gasteiger partial charge in [0.05, 0.1) is 6.54 Å². The van der Waals surface area contributed by atoms with Crippen molar-refractivity contribution in [3.63, 3.8) is 0 Å². The lowest BCUT2D eigenvalue weighted by atomic mass is 9.95. The molecular weight excluding hydrogens is 410 g/mol. The van der Waals surface area contributed by atoms with Crippen LogP contribution in [0, 0.1) is 5.92 Å². The number of H-pyrrole nitrogens is 1. The van der Waals surface area contributed by atoms with E-state index in [1.807, 2.05) is 18.2 Å². The molecule has 0 unspecified atom stereocenters.